The van der Waals surface area contributed by atoms with Crippen LogP contribution in [0.5, 0.6) is 0 Å². The van der Waals surface area contributed by atoms with Crippen LogP contribution in [0.25, 0.3) is 0 Å². The highest BCUT2D eigenvalue weighted by Gasteiger charge is 2.23. The number of ether oxygens (including phenoxy) is 1. The topological polar surface area (TPSA) is 61.8 Å². The molecule has 1 fully saturated rings. The van der Waals surface area contributed by atoms with Gasteiger partial charge >= 0.3 is 6.09 Å². The number of rotatable bonds is 6. The maximum atomic E-state index is 11.6. The predicted molar refractivity (Wildman–Crippen MR) is 93.0 cm³/mol. The van der Waals surface area contributed by atoms with Crippen molar-refractivity contribution in [3.05, 3.63) is 65.7 Å². The minimum Gasteiger partial charge on any atom is -0.447 e. The second kappa shape index (κ2) is 7.47. The molecule has 2 aromatic carbocycles. The standard InChI is InChI=1S/C19H22N2O3/c1-14(20-13-18(22)16-5-3-2-4-6-16)15-7-9-17(10-8-15)21-11-12-24-19(21)23/h2-10,14,18,20,22H,11-13H2,1H3. The summed E-state index contributed by atoms with van der Waals surface area (Å²) in [6.45, 7) is 3.56. The van der Waals surface area contributed by atoms with Crippen LogP contribution in [-0.4, -0.2) is 30.9 Å². The normalized spacial score (nSPS) is 16.8. The van der Waals surface area contributed by atoms with E-state index in [1.807, 2.05) is 54.6 Å². The molecule has 0 aromatic heterocycles. The van der Waals surface area contributed by atoms with Gasteiger partial charge in [-0.15, -0.1) is 0 Å². The van der Waals surface area contributed by atoms with Crippen molar-refractivity contribution in [3.63, 3.8) is 0 Å². The molecule has 0 bridgehead atoms. The Hall–Kier alpha value is -2.37. The zero-order valence-corrected chi connectivity index (χ0v) is 13.7. The molecule has 2 aromatic rings. The average molecular weight is 326 g/mol. The summed E-state index contributed by atoms with van der Waals surface area (Å²) in [5.41, 5.74) is 2.85. The number of amides is 1. The lowest BCUT2D eigenvalue weighted by Crippen LogP contribution is -2.25. The van der Waals surface area contributed by atoms with Crippen molar-refractivity contribution in [2.75, 3.05) is 24.6 Å². The Labute approximate surface area is 141 Å². The SMILES string of the molecule is CC(NCC(O)c1ccccc1)c1ccc(N2CCOC2=O)cc1. The average Bonchev–Trinajstić information content (AvgIpc) is 3.06. The Morgan fingerprint density at radius 1 is 1.12 bits per heavy atom. The number of aliphatic hydroxyl groups excluding tert-OH is 1. The Balaban J connectivity index is 1.57. The minimum absolute atomic E-state index is 0.0999. The van der Waals surface area contributed by atoms with E-state index in [1.165, 1.54) is 0 Å². The first-order valence-electron chi connectivity index (χ1n) is 8.16. The number of nitrogens with zero attached hydrogens (tertiary/aromatic N) is 1. The second-order valence-corrected chi connectivity index (χ2v) is 5.91. The summed E-state index contributed by atoms with van der Waals surface area (Å²) in [6.07, 6.45) is -0.827. The molecule has 1 aliphatic heterocycles. The Kier molecular flexibility index (Phi) is 5.13. The van der Waals surface area contributed by atoms with Gasteiger partial charge in [0.15, 0.2) is 0 Å². The molecule has 126 valence electrons. The van der Waals surface area contributed by atoms with Gasteiger partial charge < -0.3 is 15.2 Å². The van der Waals surface area contributed by atoms with Crippen molar-refractivity contribution in [3.8, 4) is 0 Å². The second-order valence-electron chi connectivity index (χ2n) is 5.91. The minimum atomic E-state index is -0.535. The Morgan fingerprint density at radius 2 is 1.83 bits per heavy atom. The van der Waals surface area contributed by atoms with Crippen LogP contribution in [0.15, 0.2) is 54.6 Å². The van der Waals surface area contributed by atoms with E-state index < -0.39 is 6.10 Å². The van der Waals surface area contributed by atoms with Crippen LogP contribution >= 0.6 is 0 Å². The molecule has 2 atom stereocenters. The van der Waals surface area contributed by atoms with E-state index in [0.29, 0.717) is 19.7 Å². The first-order chi connectivity index (χ1) is 11.6. The molecule has 3 rings (SSSR count). The zero-order valence-electron chi connectivity index (χ0n) is 13.7. The Bertz CT molecular complexity index is 673. The lowest BCUT2D eigenvalue weighted by Gasteiger charge is -2.19. The third-order valence-electron chi connectivity index (χ3n) is 4.27. The maximum Gasteiger partial charge on any atom is 0.414 e. The van der Waals surface area contributed by atoms with E-state index in [1.54, 1.807) is 4.90 Å². The molecular formula is C19H22N2O3. The number of nitrogens with one attached hydrogen (secondary N) is 1. The molecule has 5 heteroatoms. The molecule has 1 heterocycles. The molecule has 24 heavy (non-hydrogen) atoms. The number of cyclic esters (lactones) is 1. The first kappa shape index (κ1) is 16.5. The van der Waals surface area contributed by atoms with E-state index in [-0.39, 0.29) is 12.1 Å². The van der Waals surface area contributed by atoms with E-state index >= 15 is 0 Å². The van der Waals surface area contributed by atoms with Crippen molar-refractivity contribution in [1.82, 2.24) is 5.32 Å². The highest BCUT2D eigenvalue weighted by molar-refractivity contribution is 5.89. The summed E-state index contributed by atoms with van der Waals surface area (Å²) >= 11 is 0. The monoisotopic (exact) mass is 326 g/mol. The van der Waals surface area contributed by atoms with Crippen LogP contribution in [0.2, 0.25) is 0 Å². The van der Waals surface area contributed by atoms with Gasteiger partial charge in [-0.1, -0.05) is 42.5 Å². The first-order valence-corrected chi connectivity index (χ1v) is 8.16. The van der Waals surface area contributed by atoms with Crippen molar-refractivity contribution < 1.29 is 14.6 Å². The number of benzene rings is 2. The molecule has 5 nitrogen and oxygen atoms in total. The largest absolute Gasteiger partial charge is 0.447 e. The predicted octanol–water partition coefficient (Wildman–Crippen LogP) is 3.03. The third kappa shape index (κ3) is 3.75. The van der Waals surface area contributed by atoms with Crippen LogP contribution in [0.3, 0.4) is 0 Å². The van der Waals surface area contributed by atoms with Crippen LogP contribution in [-0.2, 0) is 4.74 Å². The van der Waals surface area contributed by atoms with Gasteiger partial charge in [-0.25, -0.2) is 4.79 Å². The molecule has 1 amide bonds. The maximum absolute atomic E-state index is 11.6. The fraction of sp³-hybridized carbons (Fsp3) is 0.316. The number of carbonyl (C=O) groups excluding carboxylic acids is 1. The Morgan fingerprint density at radius 3 is 2.46 bits per heavy atom. The van der Waals surface area contributed by atoms with Crippen molar-refractivity contribution in [2.45, 2.75) is 19.1 Å². The van der Waals surface area contributed by atoms with Gasteiger partial charge in [0, 0.05) is 18.3 Å². The summed E-state index contributed by atoms with van der Waals surface area (Å²) < 4.78 is 4.95. The smallest absolute Gasteiger partial charge is 0.414 e. The summed E-state index contributed by atoms with van der Waals surface area (Å²) in [6, 6.07) is 17.5. The van der Waals surface area contributed by atoms with Crippen molar-refractivity contribution >= 4 is 11.8 Å². The fourth-order valence-corrected chi connectivity index (χ4v) is 2.77. The van der Waals surface area contributed by atoms with Gasteiger partial charge in [-0.3, -0.25) is 4.90 Å². The van der Waals surface area contributed by atoms with Crippen LogP contribution in [0.4, 0.5) is 10.5 Å². The van der Waals surface area contributed by atoms with Crippen LogP contribution in [0.1, 0.15) is 30.2 Å². The van der Waals surface area contributed by atoms with Crippen molar-refractivity contribution in [2.24, 2.45) is 0 Å². The number of carbonyl (C=O) groups is 1. The van der Waals surface area contributed by atoms with E-state index in [2.05, 4.69) is 12.2 Å². The van der Waals surface area contributed by atoms with E-state index in [0.717, 1.165) is 16.8 Å². The molecule has 0 spiro atoms. The van der Waals surface area contributed by atoms with Gasteiger partial charge in [0.25, 0.3) is 0 Å². The summed E-state index contributed by atoms with van der Waals surface area (Å²) in [5.74, 6) is 0. The van der Waals surface area contributed by atoms with Crippen LogP contribution in [0, 0.1) is 0 Å². The van der Waals surface area contributed by atoms with Gasteiger partial charge in [0.2, 0.25) is 0 Å². The molecule has 0 saturated carbocycles. The highest BCUT2D eigenvalue weighted by atomic mass is 16.6. The van der Waals surface area contributed by atoms with Gasteiger partial charge in [-0.05, 0) is 30.2 Å². The number of anilines is 1. The summed E-state index contributed by atoms with van der Waals surface area (Å²) in [4.78, 5) is 13.2. The summed E-state index contributed by atoms with van der Waals surface area (Å²) in [5, 5.41) is 13.6. The fourth-order valence-electron chi connectivity index (χ4n) is 2.77. The lowest BCUT2D eigenvalue weighted by molar-refractivity contribution is 0.171. The van der Waals surface area contributed by atoms with Gasteiger partial charge in [0.05, 0.1) is 12.6 Å². The number of hydrogen-bond donors (Lipinski definition) is 2. The van der Waals surface area contributed by atoms with Crippen LogP contribution < -0.4 is 10.2 Å². The van der Waals surface area contributed by atoms with Gasteiger partial charge in [-0.2, -0.15) is 0 Å². The van der Waals surface area contributed by atoms with Crippen molar-refractivity contribution in [1.29, 1.82) is 0 Å². The molecule has 1 saturated heterocycles. The highest BCUT2D eigenvalue weighted by Crippen LogP contribution is 2.22. The van der Waals surface area contributed by atoms with Gasteiger partial charge in [0.1, 0.15) is 6.61 Å². The molecule has 1 aliphatic rings. The number of hydrogen-bond acceptors (Lipinski definition) is 4. The summed E-state index contributed by atoms with van der Waals surface area (Å²) in [7, 11) is 0. The third-order valence-corrected chi connectivity index (χ3v) is 4.27. The molecule has 2 unspecified atom stereocenters. The molecule has 0 radical (unpaired) electrons. The number of aliphatic hydroxyl groups is 1. The van der Waals surface area contributed by atoms with E-state index in [9.17, 15) is 9.90 Å². The molecule has 0 aliphatic carbocycles. The van der Waals surface area contributed by atoms with E-state index in [4.69, 9.17) is 4.74 Å². The molecule has 2 N–H and O–H groups in total. The molecular weight excluding hydrogens is 304 g/mol. The lowest BCUT2D eigenvalue weighted by atomic mass is 10.1. The zero-order chi connectivity index (χ0) is 16.9. The quantitative estimate of drug-likeness (QED) is 0.856.